The summed E-state index contributed by atoms with van der Waals surface area (Å²) in [4.78, 5) is 29.5. The van der Waals surface area contributed by atoms with Crippen molar-refractivity contribution in [1.82, 2.24) is 5.32 Å². The van der Waals surface area contributed by atoms with E-state index in [-0.39, 0.29) is 0 Å². The van der Waals surface area contributed by atoms with E-state index in [2.05, 4.69) is 5.32 Å². The highest BCUT2D eigenvalue weighted by molar-refractivity contribution is 7.98. The van der Waals surface area contributed by atoms with Gasteiger partial charge in [0.1, 0.15) is 18.2 Å². The van der Waals surface area contributed by atoms with E-state index in [4.69, 9.17) is 25.0 Å². The Bertz CT molecular complexity index is 333. The molecule has 0 bridgehead atoms. The van der Waals surface area contributed by atoms with Gasteiger partial charge in [-0.25, -0.2) is 0 Å². The molecule has 1 aliphatic rings. The Morgan fingerprint density at radius 2 is 2.20 bits per heavy atom. The topological polar surface area (TPSA) is 139 Å². The first-order valence-corrected chi connectivity index (χ1v) is 8.15. The van der Waals surface area contributed by atoms with Gasteiger partial charge >= 0.3 is 20.6 Å². The van der Waals surface area contributed by atoms with Gasteiger partial charge in [-0.1, -0.05) is 0 Å². The number of hydrogen-bond acceptors (Lipinski definition) is 7. The van der Waals surface area contributed by atoms with Crippen LogP contribution in [0.25, 0.3) is 0 Å². The second-order valence-corrected chi connectivity index (χ2v) is 5.18. The molecular weight excluding hydrogens is 307 g/mol. The zero-order valence-corrected chi connectivity index (χ0v) is 12.9. The molecule has 1 rings (SSSR count). The molecule has 1 heterocycles. The number of carboxylic acid groups (broad SMARTS) is 1. The maximum Gasteiger partial charge on any atom is 0.491 e. The van der Waals surface area contributed by atoms with Crippen molar-refractivity contribution in [1.29, 1.82) is 0 Å². The van der Waals surface area contributed by atoms with Crippen LogP contribution in [-0.4, -0.2) is 58.7 Å². The molecular formula is C10H20N2O6PS+. The zero-order valence-electron chi connectivity index (χ0n) is 11.1. The lowest BCUT2D eigenvalue weighted by atomic mass is 10.1. The molecule has 0 aromatic heterocycles. The molecule has 4 atom stereocenters. The van der Waals surface area contributed by atoms with Crippen molar-refractivity contribution < 1.29 is 28.9 Å². The van der Waals surface area contributed by atoms with Crippen molar-refractivity contribution in [3.8, 4) is 0 Å². The number of hydrogen-bond donors (Lipinski definition) is 4. The molecule has 0 spiro atoms. The normalized spacial score (nSPS) is 22.8. The first-order valence-electron chi connectivity index (χ1n) is 5.90. The minimum absolute atomic E-state index is 0.512. The van der Waals surface area contributed by atoms with Gasteiger partial charge in [0.05, 0.1) is 0 Å². The summed E-state index contributed by atoms with van der Waals surface area (Å²) in [5, 5.41) is 11.7. The number of rotatable bonds is 6. The molecule has 0 aromatic carbocycles. The Labute approximate surface area is 122 Å². The predicted molar refractivity (Wildman–Crippen MR) is 76.1 cm³/mol. The van der Waals surface area contributed by atoms with Crippen LogP contribution in [-0.2, 0) is 18.9 Å². The second kappa shape index (κ2) is 11.0. The molecule has 116 valence electrons. The number of carbonyl (C=O) groups is 2. The molecule has 1 fully saturated rings. The average Bonchev–Trinajstić information content (AvgIpc) is 2.85. The van der Waals surface area contributed by atoms with Gasteiger partial charge in [-0.3, -0.25) is 9.59 Å². The Morgan fingerprint density at radius 3 is 2.70 bits per heavy atom. The SMILES string of the molecule is CSCC[C@H](N)C(=O)OC1CCN[C@@H]1C(=O)O.O=[PH+]O. The van der Waals surface area contributed by atoms with Crippen molar-refractivity contribution in [2.45, 2.75) is 31.0 Å². The third-order valence-corrected chi connectivity index (χ3v) is 3.28. The summed E-state index contributed by atoms with van der Waals surface area (Å²) in [6.45, 7) is 0.537. The van der Waals surface area contributed by atoms with Gasteiger partial charge in [0, 0.05) is 0 Å². The standard InChI is InChI=1S/C10H18N2O4S.HO2P/c1-17-5-3-6(11)10(15)16-7-2-4-12-8(7)9(13)14;1-3-2/h6-8,12H,2-5,11H2,1H3,(H,13,14);3H/p+1/t6-,7?,8-;/m0./s1. The van der Waals surface area contributed by atoms with E-state index < -0.39 is 38.8 Å². The minimum Gasteiger partial charge on any atom is -0.480 e. The molecule has 20 heavy (non-hydrogen) atoms. The molecule has 8 nitrogen and oxygen atoms in total. The van der Waals surface area contributed by atoms with Crippen molar-refractivity contribution in [2.24, 2.45) is 5.73 Å². The number of ether oxygens (including phenoxy) is 1. The fourth-order valence-corrected chi connectivity index (χ4v) is 2.14. The van der Waals surface area contributed by atoms with Crippen LogP contribution in [0, 0.1) is 0 Å². The van der Waals surface area contributed by atoms with Gasteiger partial charge in [0.15, 0.2) is 0 Å². The summed E-state index contributed by atoms with van der Waals surface area (Å²) in [6, 6.07) is -1.48. The van der Waals surface area contributed by atoms with Crippen molar-refractivity contribution in [3.63, 3.8) is 0 Å². The third kappa shape index (κ3) is 7.16. The molecule has 5 N–H and O–H groups in total. The lowest BCUT2D eigenvalue weighted by Crippen LogP contribution is -2.43. The molecule has 0 saturated carbocycles. The maximum absolute atomic E-state index is 11.6. The van der Waals surface area contributed by atoms with Gasteiger partial charge < -0.3 is 20.9 Å². The Kier molecular flexibility index (Phi) is 10.6. The molecule has 0 radical (unpaired) electrons. The number of carbonyl (C=O) groups excluding carboxylic acids is 1. The summed E-state index contributed by atoms with van der Waals surface area (Å²) in [7, 11) is -1.17. The summed E-state index contributed by atoms with van der Waals surface area (Å²) < 4.78 is 13.6. The van der Waals surface area contributed by atoms with Crippen LogP contribution in [0.1, 0.15) is 12.8 Å². The average molecular weight is 327 g/mol. The van der Waals surface area contributed by atoms with E-state index in [9.17, 15) is 9.59 Å². The summed E-state index contributed by atoms with van der Waals surface area (Å²) >= 11 is 1.60. The zero-order chi connectivity index (χ0) is 15.5. The van der Waals surface area contributed by atoms with Crippen molar-refractivity contribution in [2.75, 3.05) is 18.6 Å². The van der Waals surface area contributed by atoms with Crippen LogP contribution < -0.4 is 11.1 Å². The molecule has 0 amide bonds. The molecule has 0 aliphatic carbocycles. The van der Waals surface area contributed by atoms with E-state index in [1.807, 2.05) is 6.26 Å². The first-order chi connectivity index (χ1) is 9.47. The molecule has 1 saturated heterocycles. The lowest BCUT2D eigenvalue weighted by Gasteiger charge is -2.18. The Hall–Kier alpha value is -0.730. The summed E-state index contributed by atoms with van der Waals surface area (Å²) in [5.74, 6) is -0.737. The molecule has 1 aliphatic heterocycles. The quantitative estimate of drug-likeness (QED) is 0.370. The fraction of sp³-hybridized carbons (Fsp3) is 0.800. The number of esters is 1. The Morgan fingerprint density at radius 1 is 1.60 bits per heavy atom. The van der Waals surface area contributed by atoms with E-state index in [1.165, 1.54) is 0 Å². The molecule has 10 heteroatoms. The molecule has 0 aromatic rings. The van der Waals surface area contributed by atoms with Crippen LogP contribution in [0.3, 0.4) is 0 Å². The number of nitrogens with one attached hydrogen (secondary N) is 1. The monoisotopic (exact) mass is 327 g/mol. The van der Waals surface area contributed by atoms with Crippen LogP contribution in [0.4, 0.5) is 0 Å². The first kappa shape index (κ1) is 19.3. The molecule has 2 unspecified atom stereocenters. The van der Waals surface area contributed by atoms with E-state index >= 15 is 0 Å². The largest absolute Gasteiger partial charge is 0.491 e. The van der Waals surface area contributed by atoms with Crippen LogP contribution in [0.2, 0.25) is 0 Å². The predicted octanol–water partition coefficient (Wildman–Crippen LogP) is -0.657. The highest BCUT2D eigenvalue weighted by atomic mass is 32.2. The van der Waals surface area contributed by atoms with Gasteiger partial charge in [-0.15, -0.1) is 0 Å². The van der Waals surface area contributed by atoms with Gasteiger partial charge in [0.25, 0.3) is 0 Å². The highest BCUT2D eigenvalue weighted by Gasteiger charge is 2.36. The summed E-state index contributed by atoms with van der Waals surface area (Å²) in [5.41, 5.74) is 5.65. The number of aliphatic carboxylic acids is 1. The highest BCUT2D eigenvalue weighted by Crippen LogP contribution is 2.13. The number of carboxylic acids is 1. The van der Waals surface area contributed by atoms with Crippen molar-refractivity contribution >= 4 is 32.4 Å². The van der Waals surface area contributed by atoms with Gasteiger partial charge in [-0.05, 0) is 36.0 Å². The van der Waals surface area contributed by atoms with Crippen LogP contribution in [0.15, 0.2) is 0 Å². The van der Waals surface area contributed by atoms with E-state index in [0.717, 1.165) is 5.75 Å². The van der Waals surface area contributed by atoms with E-state index in [0.29, 0.717) is 19.4 Å². The van der Waals surface area contributed by atoms with Gasteiger partial charge in [-0.2, -0.15) is 16.7 Å². The van der Waals surface area contributed by atoms with E-state index in [1.54, 1.807) is 11.8 Å². The second-order valence-electron chi connectivity index (χ2n) is 4.01. The number of thioether (sulfide) groups is 1. The maximum atomic E-state index is 11.6. The van der Waals surface area contributed by atoms with Crippen molar-refractivity contribution in [3.05, 3.63) is 0 Å². The van der Waals surface area contributed by atoms with Crippen LogP contribution in [0.5, 0.6) is 0 Å². The summed E-state index contributed by atoms with van der Waals surface area (Å²) in [6.07, 6.45) is 2.37. The van der Waals surface area contributed by atoms with Gasteiger partial charge in [0.2, 0.25) is 0 Å². The fourth-order valence-electron chi connectivity index (χ4n) is 1.65. The number of nitrogens with two attached hydrogens (primary N) is 1. The Balaban J connectivity index is 0.00000110. The van der Waals surface area contributed by atoms with Crippen LogP contribution >= 0.6 is 20.4 Å². The third-order valence-electron chi connectivity index (χ3n) is 2.63. The lowest BCUT2D eigenvalue weighted by molar-refractivity contribution is -0.155. The minimum atomic E-state index is -1.17. The smallest absolute Gasteiger partial charge is 0.480 e.